The van der Waals surface area contributed by atoms with Gasteiger partial charge in [-0.3, -0.25) is 0 Å². The molecular formula is C16H18F3NOS. The maximum atomic E-state index is 13.8. The lowest BCUT2D eigenvalue weighted by Gasteiger charge is -2.11. The van der Waals surface area contributed by atoms with Crippen LogP contribution >= 0.6 is 11.9 Å². The fourth-order valence-electron chi connectivity index (χ4n) is 1.58. The molecule has 0 heterocycles. The third kappa shape index (κ3) is 4.34. The Kier molecular flexibility index (Phi) is 7.11. The normalized spacial score (nSPS) is 9.77. The molecule has 2 rings (SSSR count). The Bertz CT molecular complexity index is 635. The molecule has 0 aliphatic heterocycles. The molecule has 120 valence electrons. The Morgan fingerprint density at radius 1 is 1.05 bits per heavy atom. The fraction of sp³-hybridized carbons (Fsp3) is 0.250. The molecule has 22 heavy (non-hydrogen) atoms. The van der Waals surface area contributed by atoms with Crippen LogP contribution in [0.2, 0.25) is 0 Å². The first-order valence-electron chi connectivity index (χ1n) is 6.74. The monoisotopic (exact) mass is 329 g/mol. The number of ether oxygens (including phenoxy) is 1. The van der Waals surface area contributed by atoms with Crippen LogP contribution in [0.4, 0.5) is 18.9 Å². The zero-order valence-corrected chi connectivity index (χ0v) is 13.7. The topological polar surface area (TPSA) is 21.3 Å². The van der Waals surface area contributed by atoms with Crippen molar-refractivity contribution in [1.29, 1.82) is 0 Å². The van der Waals surface area contributed by atoms with Crippen molar-refractivity contribution in [1.82, 2.24) is 0 Å². The van der Waals surface area contributed by atoms with E-state index in [-0.39, 0.29) is 11.3 Å². The molecule has 6 heteroatoms. The van der Waals surface area contributed by atoms with Gasteiger partial charge in [0.25, 0.3) is 0 Å². The molecular weight excluding hydrogens is 311 g/mol. The third-order valence-electron chi connectivity index (χ3n) is 2.72. The van der Waals surface area contributed by atoms with Crippen molar-refractivity contribution in [3.8, 4) is 5.75 Å². The van der Waals surface area contributed by atoms with Crippen LogP contribution in [-0.4, -0.2) is 7.11 Å². The molecule has 1 N–H and O–H groups in total. The minimum absolute atomic E-state index is 0.0678. The summed E-state index contributed by atoms with van der Waals surface area (Å²) in [5.41, 5.74) is 0.0574. The number of benzene rings is 2. The van der Waals surface area contributed by atoms with E-state index in [1.807, 2.05) is 13.8 Å². The van der Waals surface area contributed by atoms with Crippen molar-refractivity contribution in [2.75, 3.05) is 11.8 Å². The van der Waals surface area contributed by atoms with E-state index in [4.69, 9.17) is 4.74 Å². The molecule has 0 unspecified atom stereocenters. The highest BCUT2D eigenvalue weighted by atomic mass is 32.2. The number of hydrogen-bond donors (Lipinski definition) is 1. The van der Waals surface area contributed by atoms with E-state index < -0.39 is 17.5 Å². The average Bonchev–Trinajstić information content (AvgIpc) is 2.54. The van der Waals surface area contributed by atoms with Crippen LogP contribution in [0.15, 0.2) is 35.2 Å². The Hall–Kier alpha value is -1.82. The second kappa shape index (κ2) is 8.58. The Morgan fingerprint density at radius 2 is 1.73 bits per heavy atom. The molecule has 0 aliphatic rings. The second-order valence-corrected chi connectivity index (χ2v) is 4.88. The Labute approximate surface area is 132 Å². The van der Waals surface area contributed by atoms with Gasteiger partial charge in [-0.15, -0.1) is 0 Å². The molecule has 0 radical (unpaired) electrons. The van der Waals surface area contributed by atoms with Crippen LogP contribution in [0.5, 0.6) is 5.75 Å². The quantitative estimate of drug-likeness (QED) is 0.741. The van der Waals surface area contributed by atoms with Crippen LogP contribution in [-0.2, 0) is 0 Å². The van der Waals surface area contributed by atoms with Gasteiger partial charge in [0.1, 0.15) is 17.4 Å². The van der Waals surface area contributed by atoms with Crippen molar-refractivity contribution in [2.45, 2.75) is 25.7 Å². The summed E-state index contributed by atoms with van der Waals surface area (Å²) in [6.07, 6.45) is 0. The molecule has 2 nitrogen and oxygen atoms in total. The van der Waals surface area contributed by atoms with Crippen molar-refractivity contribution in [2.24, 2.45) is 0 Å². The first kappa shape index (κ1) is 18.2. The van der Waals surface area contributed by atoms with E-state index >= 15 is 0 Å². The molecule has 0 amide bonds. The number of anilines is 1. The van der Waals surface area contributed by atoms with Gasteiger partial charge >= 0.3 is 0 Å². The van der Waals surface area contributed by atoms with E-state index in [0.717, 1.165) is 11.9 Å². The number of methoxy groups -OCH3 is 1. The van der Waals surface area contributed by atoms with E-state index in [0.29, 0.717) is 10.6 Å². The first-order chi connectivity index (χ1) is 10.5. The van der Waals surface area contributed by atoms with Crippen LogP contribution in [0.25, 0.3) is 0 Å². The zero-order chi connectivity index (χ0) is 16.7. The molecule has 0 bridgehead atoms. The first-order valence-corrected chi connectivity index (χ1v) is 7.55. The summed E-state index contributed by atoms with van der Waals surface area (Å²) in [5, 5.41) is 0. The smallest absolute Gasteiger partial charge is 0.152 e. The molecule has 0 saturated heterocycles. The van der Waals surface area contributed by atoms with Crippen molar-refractivity contribution < 1.29 is 17.9 Å². The van der Waals surface area contributed by atoms with Gasteiger partial charge in [-0.2, -0.15) is 0 Å². The summed E-state index contributed by atoms with van der Waals surface area (Å²) in [5.74, 6) is -1.25. The molecule has 0 aliphatic carbocycles. The summed E-state index contributed by atoms with van der Waals surface area (Å²) in [4.78, 5) is 0.467. The van der Waals surface area contributed by atoms with Crippen molar-refractivity contribution in [3.63, 3.8) is 0 Å². The molecule has 0 aromatic heterocycles. The predicted molar refractivity (Wildman–Crippen MR) is 84.9 cm³/mol. The molecule has 0 saturated carbocycles. The van der Waals surface area contributed by atoms with E-state index in [9.17, 15) is 13.2 Å². The molecule has 0 atom stereocenters. The average molecular weight is 329 g/mol. The molecule has 0 spiro atoms. The van der Waals surface area contributed by atoms with E-state index in [1.165, 1.54) is 44.4 Å². The lowest BCUT2D eigenvalue weighted by Crippen LogP contribution is -1.97. The van der Waals surface area contributed by atoms with Crippen molar-refractivity contribution in [3.05, 3.63) is 53.3 Å². The van der Waals surface area contributed by atoms with Gasteiger partial charge in [0.2, 0.25) is 0 Å². The van der Waals surface area contributed by atoms with Gasteiger partial charge in [-0.25, -0.2) is 13.2 Å². The van der Waals surface area contributed by atoms with E-state index in [1.54, 1.807) is 0 Å². The SMILES string of the molecule is CC.COc1ccc(F)cc1SNc1ccc(F)c(C)c1F. The molecule has 2 aromatic rings. The maximum absolute atomic E-state index is 13.8. The number of halogens is 3. The largest absolute Gasteiger partial charge is 0.496 e. The Balaban J connectivity index is 0.00000116. The van der Waals surface area contributed by atoms with Crippen LogP contribution in [0, 0.1) is 24.4 Å². The van der Waals surface area contributed by atoms with Gasteiger partial charge in [-0.1, -0.05) is 13.8 Å². The summed E-state index contributed by atoms with van der Waals surface area (Å²) < 4.78 is 47.9. The molecule has 2 aromatic carbocycles. The summed E-state index contributed by atoms with van der Waals surface area (Å²) in [6.45, 7) is 5.35. The van der Waals surface area contributed by atoms with Gasteiger partial charge in [0, 0.05) is 5.56 Å². The minimum atomic E-state index is -0.673. The number of hydrogen-bond acceptors (Lipinski definition) is 3. The van der Waals surface area contributed by atoms with Gasteiger partial charge in [-0.05, 0) is 49.2 Å². The number of nitrogens with one attached hydrogen (secondary N) is 1. The summed E-state index contributed by atoms with van der Waals surface area (Å²) in [6, 6.07) is 6.47. The Morgan fingerprint density at radius 3 is 2.36 bits per heavy atom. The molecule has 0 fully saturated rings. The highest BCUT2D eigenvalue weighted by Gasteiger charge is 2.11. The lowest BCUT2D eigenvalue weighted by atomic mass is 10.2. The predicted octanol–water partition coefficient (Wildman–Crippen LogP) is 5.57. The summed E-state index contributed by atoms with van der Waals surface area (Å²) in [7, 11) is 1.46. The highest BCUT2D eigenvalue weighted by Crippen LogP contribution is 2.32. The minimum Gasteiger partial charge on any atom is -0.496 e. The van der Waals surface area contributed by atoms with E-state index in [2.05, 4.69) is 4.72 Å². The van der Waals surface area contributed by atoms with Crippen molar-refractivity contribution >= 4 is 17.6 Å². The fourth-order valence-corrected chi connectivity index (χ4v) is 2.38. The third-order valence-corrected chi connectivity index (χ3v) is 3.58. The van der Waals surface area contributed by atoms with Crippen LogP contribution < -0.4 is 9.46 Å². The maximum Gasteiger partial charge on any atom is 0.152 e. The van der Waals surface area contributed by atoms with Crippen LogP contribution in [0.1, 0.15) is 19.4 Å². The summed E-state index contributed by atoms with van der Waals surface area (Å²) >= 11 is 0.990. The van der Waals surface area contributed by atoms with Gasteiger partial charge < -0.3 is 9.46 Å². The van der Waals surface area contributed by atoms with Crippen LogP contribution in [0.3, 0.4) is 0 Å². The standard InChI is InChI=1S/C14H12F3NOS.C2H6/c1-8-10(16)4-5-11(14(8)17)18-20-13-7-9(15)3-6-12(13)19-2;1-2/h3-7,18H,1-2H3;1-2H3. The van der Waals surface area contributed by atoms with Gasteiger partial charge in [0.05, 0.1) is 17.7 Å². The second-order valence-electron chi connectivity index (χ2n) is 4.03. The van der Waals surface area contributed by atoms with Gasteiger partial charge in [0.15, 0.2) is 5.82 Å². The lowest BCUT2D eigenvalue weighted by molar-refractivity contribution is 0.403. The zero-order valence-electron chi connectivity index (χ0n) is 12.8. The number of rotatable bonds is 4. The highest BCUT2D eigenvalue weighted by molar-refractivity contribution is 8.00.